The lowest BCUT2D eigenvalue weighted by atomic mass is 9.92. The first-order valence-corrected chi connectivity index (χ1v) is 9.53. The fourth-order valence-electron chi connectivity index (χ4n) is 2.77. The van der Waals surface area contributed by atoms with Crippen molar-refractivity contribution in [2.75, 3.05) is 12.9 Å². The average molecular weight is 342 g/mol. The number of sulfone groups is 1. The number of cyclic esters (lactones) is 1. The number of rotatable bonds is 3. The first kappa shape index (κ1) is 16.5. The first-order chi connectivity index (χ1) is 11.4. The van der Waals surface area contributed by atoms with Crippen molar-refractivity contribution in [2.45, 2.75) is 18.2 Å². The Labute approximate surface area is 141 Å². The van der Waals surface area contributed by atoms with E-state index in [1.807, 2.05) is 31.2 Å². The number of aryl methyl sites for hydroxylation is 1. The molecule has 0 aliphatic carbocycles. The van der Waals surface area contributed by atoms with Crippen LogP contribution in [0.25, 0.3) is 5.57 Å². The molecule has 5 heteroatoms. The molecular weight excluding hydrogens is 324 g/mol. The number of carbonyl (C=O) groups is 1. The molecule has 0 saturated carbocycles. The smallest absolute Gasteiger partial charge is 0.334 e. The van der Waals surface area contributed by atoms with Gasteiger partial charge in [0.25, 0.3) is 0 Å². The lowest BCUT2D eigenvalue weighted by Gasteiger charge is -2.12. The number of esters is 1. The van der Waals surface area contributed by atoms with Crippen LogP contribution in [0.15, 0.2) is 59.0 Å². The maximum absolute atomic E-state index is 12.1. The fourth-order valence-corrected chi connectivity index (χ4v) is 3.40. The Morgan fingerprint density at radius 3 is 1.96 bits per heavy atom. The SMILES string of the molecule is Cc1ccc(C(=C2CCOC2=O)c2ccc(S(C)(=O)=O)cc2)cc1. The molecule has 0 N–H and O–H groups in total. The maximum atomic E-state index is 12.1. The van der Waals surface area contributed by atoms with Gasteiger partial charge in [-0.05, 0) is 35.8 Å². The van der Waals surface area contributed by atoms with E-state index >= 15 is 0 Å². The fraction of sp³-hybridized carbons (Fsp3) is 0.211. The lowest BCUT2D eigenvalue weighted by molar-refractivity contribution is -0.135. The largest absolute Gasteiger partial charge is 0.462 e. The van der Waals surface area contributed by atoms with Gasteiger partial charge in [0, 0.05) is 18.2 Å². The third-order valence-electron chi connectivity index (χ3n) is 4.04. The van der Waals surface area contributed by atoms with E-state index in [1.165, 1.54) is 6.26 Å². The summed E-state index contributed by atoms with van der Waals surface area (Å²) in [5.41, 5.74) is 4.29. The molecule has 2 aromatic rings. The standard InChI is InChI=1S/C19H18O4S/c1-13-3-5-14(6-4-13)18(17-11-12-23-19(17)20)15-7-9-16(10-8-15)24(2,21)22/h3-10H,11-12H2,1-2H3. The summed E-state index contributed by atoms with van der Waals surface area (Å²) in [4.78, 5) is 12.3. The molecule has 0 unspecified atom stereocenters. The Balaban J connectivity index is 2.16. The molecule has 0 bridgehead atoms. The van der Waals surface area contributed by atoms with Gasteiger partial charge in [0.15, 0.2) is 9.84 Å². The molecule has 1 heterocycles. The van der Waals surface area contributed by atoms with E-state index in [4.69, 9.17) is 4.74 Å². The Bertz CT molecular complexity index is 905. The van der Waals surface area contributed by atoms with Crippen molar-refractivity contribution in [3.63, 3.8) is 0 Å². The van der Waals surface area contributed by atoms with Gasteiger partial charge in [0.2, 0.25) is 0 Å². The number of benzene rings is 2. The highest BCUT2D eigenvalue weighted by atomic mass is 32.2. The van der Waals surface area contributed by atoms with Gasteiger partial charge in [0.05, 0.1) is 11.5 Å². The first-order valence-electron chi connectivity index (χ1n) is 7.64. The van der Waals surface area contributed by atoms with Crippen molar-refractivity contribution in [1.29, 1.82) is 0 Å². The summed E-state index contributed by atoms with van der Waals surface area (Å²) < 4.78 is 28.4. The Morgan fingerprint density at radius 1 is 0.958 bits per heavy atom. The normalized spacial score (nSPS) is 16.8. The van der Waals surface area contributed by atoms with Gasteiger partial charge >= 0.3 is 5.97 Å². The summed E-state index contributed by atoms with van der Waals surface area (Å²) in [5, 5.41) is 0. The summed E-state index contributed by atoms with van der Waals surface area (Å²) in [6.07, 6.45) is 1.73. The van der Waals surface area contributed by atoms with Crippen molar-refractivity contribution in [3.8, 4) is 0 Å². The highest BCUT2D eigenvalue weighted by Gasteiger charge is 2.25. The van der Waals surface area contributed by atoms with Gasteiger partial charge in [-0.2, -0.15) is 0 Å². The minimum absolute atomic E-state index is 0.258. The van der Waals surface area contributed by atoms with Gasteiger partial charge in [-0.25, -0.2) is 13.2 Å². The maximum Gasteiger partial charge on any atom is 0.334 e. The van der Waals surface area contributed by atoms with Crippen LogP contribution in [0, 0.1) is 6.92 Å². The quantitative estimate of drug-likeness (QED) is 0.635. The molecule has 24 heavy (non-hydrogen) atoms. The van der Waals surface area contributed by atoms with E-state index in [2.05, 4.69) is 0 Å². The average Bonchev–Trinajstić information content (AvgIpc) is 2.95. The molecular formula is C19H18O4S. The minimum atomic E-state index is -3.25. The van der Waals surface area contributed by atoms with Crippen LogP contribution in [0.3, 0.4) is 0 Å². The van der Waals surface area contributed by atoms with Gasteiger partial charge in [-0.15, -0.1) is 0 Å². The van der Waals surface area contributed by atoms with E-state index < -0.39 is 9.84 Å². The molecule has 1 aliphatic rings. The van der Waals surface area contributed by atoms with Crippen LogP contribution in [0.2, 0.25) is 0 Å². The molecule has 124 valence electrons. The van der Waals surface area contributed by atoms with E-state index in [9.17, 15) is 13.2 Å². The predicted molar refractivity (Wildman–Crippen MR) is 92.3 cm³/mol. The topological polar surface area (TPSA) is 60.4 Å². The summed E-state index contributed by atoms with van der Waals surface area (Å²) in [6.45, 7) is 2.38. The zero-order valence-corrected chi connectivity index (χ0v) is 14.4. The van der Waals surface area contributed by atoms with Gasteiger partial charge in [0.1, 0.15) is 0 Å². The van der Waals surface area contributed by atoms with Crippen molar-refractivity contribution >= 4 is 21.4 Å². The third kappa shape index (κ3) is 3.26. The molecule has 0 amide bonds. The van der Waals surface area contributed by atoms with Gasteiger partial charge in [-0.3, -0.25) is 0 Å². The number of hydrogen-bond donors (Lipinski definition) is 0. The lowest BCUT2D eigenvalue weighted by Crippen LogP contribution is -2.02. The highest BCUT2D eigenvalue weighted by molar-refractivity contribution is 7.90. The van der Waals surface area contributed by atoms with Gasteiger partial charge in [-0.1, -0.05) is 42.0 Å². The van der Waals surface area contributed by atoms with Crippen LogP contribution < -0.4 is 0 Å². The van der Waals surface area contributed by atoms with E-state index in [1.54, 1.807) is 24.3 Å². The summed E-state index contributed by atoms with van der Waals surface area (Å²) in [6, 6.07) is 14.5. The van der Waals surface area contributed by atoms with Crippen LogP contribution in [-0.2, 0) is 19.4 Å². The second-order valence-corrected chi connectivity index (χ2v) is 7.92. The zero-order valence-electron chi connectivity index (χ0n) is 13.6. The number of ether oxygens (including phenoxy) is 1. The third-order valence-corrected chi connectivity index (χ3v) is 5.17. The molecule has 0 aromatic heterocycles. The molecule has 0 atom stereocenters. The zero-order chi connectivity index (χ0) is 17.3. The van der Waals surface area contributed by atoms with Crippen molar-refractivity contribution in [2.24, 2.45) is 0 Å². The van der Waals surface area contributed by atoms with Crippen LogP contribution in [0.5, 0.6) is 0 Å². The second kappa shape index (κ2) is 6.24. The molecule has 1 aliphatic heterocycles. The molecule has 1 saturated heterocycles. The van der Waals surface area contributed by atoms with Crippen LogP contribution in [0.4, 0.5) is 0 Å². The molecule has 0 spiro atoms. The van der Waals surface area contributed by atoms with Crippen LogP contribution in [0.1, 0.15) is 23.1 Å². The Kier molecular flexibility index (Phi) is 4.28. The summed E-state index contributed by atoms with van der Waals surface area (Å²) in [7, 11) is -3.25. The predicted octanol–water partition coefficient (Wildman–Crippen LogP) is 3.15. The summed E-state index contributed by atoms with van der Waals surface area (Å²) >= 11 is 0. The minimum Gasteiger partial charge on any atom is -0.462 e. The second-order valence-electron chi connectivity index (χ2n) is 5.90. The van der Waals surface area contributed by atoms with Crippen molar-refractivity contribution < 1.29 is 17.9 Å². The summed E-state index contributed by atoms with van der Waals surface area (Å²) in [5.74, 6) is -0.308. The monoisotopic (exact) mass is 342 g/mol. The highest BCUT2D eigenvalue weighted by Crippen LogP contribution is 2.32. The molecule has 0 radical (unpaired) electrons. The molecule has 3 rings (SSSR count). The van der Waals surface area contributed by atoms with Crippen molar-refractivity contribution in [3.05, 3.63) is 70.8 Å². The number of hydrogen-bond acceptors (Lipinski definition) is 4. The van der Waals surface area contributed by atoms with E-state index in [-0.39, 0.29) is 10.9 Å². The van der Waals surface area contributed by atoms with Gasteiger partial charge < -0.3 is 4.74 Å². The van der Waals surface area contributed by atoms with Crippen LogP contribution in [-0.4, -0.2) is 27.2 Å². The Morgan fingerprint density at radius 2 is 1.50 bits per heavy atom. The molecule has 2 aromatic carbocycles. The van der Waals surface area contributed by atoms with E-state index in [0.717, 1.165) is 22.3 Å². The van der Waals surface area contributed by atoms with Crippen molar-refractivity contribution in [1.82, 2.24) is 0 Å². The molecule has 4 nitrogen and oxygen atoms in total. The van der Waals surface area contributed by atoms with Crippen LogP contribution >= 0.6 is 0 Å². The Hall–Kier alpha value is -2.40. The number of carbonyl (C=O) groups excluding carboxylic acids is 1. The molecule has 1 fully saturated rings. The van der Waals surface area contributed by atoms with E-state index in [0.29, 0.717) is 18.6 Å².